The monoisotopic (exact) mass is 264 g/mol. The first kappa shape index (κ1) is 20.2. The molecule has 0 rings (SSSR count). The third-order valence-electron chi connectivity index (χ3n) is 1.99. The molecule has 0 saturated carbocycles. The molecule has 0 radical (unpaired) electrons. The fourth-order valence-electron chi connectivity index (χ4n) is 1.35. The van der Waals surface area contributed by atoms with Crippen LogP contribution in [0.4, 0.5) is 0 Å². The Morgan fingerprint density at radius 3 is 1.67 bits per heavy atom. The second-order valence-corrected chi connectivity index (χ2v) is 4.19. The van der Waals surface area contributed by atoms with Crippen LogP contribution in [0, 0.1) is 0 Å². The van der Waals surface area contributed by atoms with E-state index in [9.17, 15) is 0 Å². The van der Waals surface area contributed by atoms with Gasteiger partial charge in [0.05, 0.1) is 12.7 Å². The summed E-state index contributed by atoms with van der Waals surface area (Å²) in [6.07, 6.45) is 0.245. The largest absolute Gasteiger partial charge is 0.379 e. The minimum absolute atomic E-state index is 0.245. The van der Waals surface area contributed by atoms with Gasteiger partial charge in [0.25, 0.3) is 0 Å². The summed E-state index contributed by atoms with van der Waals surface area (Å²) in [5, 5.41) is 0. The first-order valence-corrected chi connectivity index (χ1v) is 6.90. The molecular formula is C14H32O4. The fraction of sp³-hybridized carbons (Fsp3) is 1.00. The third-order valence-corrected chi connectivity index (χ3v) is 1.99. The highest BCUT2D eigenvalue weighted by molar-refractivity contribution is 4.50. The molecule has 0 heterocycles. The van der Waals surface area contributed by atoms with E-state index in [1.54, 1.807) is 0 Å². The molecule has 112 valence electrons. The summed E-state index contributed by atoms with van der Waals surface area (Å²) in [6.45, 7) is 17.4. The van der Waals surface area contributed by atoms with Gasteiger partial charge in [-0.2, -0.15) is 0 Å². The maximum atomic E-state index is 5.25. The maximum absolute atomic E-state index is 5.25. The van der Waals surface area contributed by atoms with E-state index in [0.29, 0.717) is 19.8 Å². The van der Waals surface area contributed by atoms with Gasteiger partial charge in [0, 0.05) is 26.4 Å². The van der Waals surface area contributed by atoms with Crippen LogP contribution in [0.3, 0.4) is 0 Å². The van der Waals surface area contributed by atoms with Gasteiger partial charge in [0.15, 0.2) is 5.79 Å². The molecule has 18 heavy (non-hydrogen) atoms. The van der Waals surface area contributed by atoms with Crippen LogP contribution in [0.2, 0.25) is 0 Å². The summed E-state index contributed by atoms with van der Waals surface area (Å²) in [7, 11) is 0. The highest BCUT2D eigenvalue weighted by Crippen LogP contribution is 2.09. The van der Waals surface area contributed by atoms with Gasteiger partial charge in [-0.1, -0.05) is 0 Å². The van der Waals surface area contributed by atoms with E-state index in [-0.39, 0.29) is 6.10 Å². The van der Waals surface area contributed by atoms with Crippen molar-refractivity contribution in [3.8, 4) is 0 Å². The Labute approximate surface area is 113 Å². The molecule has 4 heteroatoms. The quantitative estimate of drug-likeness (QED) is 0.599. The van der Waals surface area contributed by atoms with Crippen molar-refractivity contribution >= 4 is 0 Å². The second kappa shape index (κ2) is 13.3. The maximum Gasteiger partial charge on any atom is 0.162 e. The lowest BCUT2D eigenvalue weighted by atomic mass is 10.4. The molecular weight excluding hydrogens is 232 g/mol. The zero-order chi connectivity index (χ0) is 14.4. The lowest BCUT2D eigenvalue weighted by Gasteiger charge is -2.23. The average molecular weight is 264 g/mol. The minimum Gasteiger partial charge on any atom is -0.379 e. The van der Waals surface area contributed by atoms with E-state index in [4.69, 9.17) is 18.9 Å². The van der Waals surface area contributed by atoms with Gasteiger partial charge < -0.3 is 18.9 Å². The van der Waals surface area contributed by atoms with Gasteiger partial charge in [0.1, 0.15) is 0 Å². The van der Waals surface area contributed by atoms with Crippen LogP contribution in [0.5, 0.6) is 0 Å². The molecule has 4 nitrogen and oxygen atoms in total. The van der Waals surface area contributed by atoms with Crippen molar-refractivity contribution in [1.82, 2.24) is 0 Å². The second-order valence-electron chi connectivity index (χ2n) is 4.19. The highest BCUT2D eigenvalue weighted by atomic mass is 16.7. The molecule has 0 aliphatic carbocycles. The van der Waals surface area contributed by atoms with Crippen LogP contribution in [0.1, 0.15) is 48.5 Å². The van der Waals surface area contributed by atoms with Crippen LogP contribution in [0.25, 0.3) is 0 Å². The van der Waals surface area contributed by atoms with Crippen LogP contribution < -0.4 is 0 Å². The van der Waals surface area contributed by atoms with Gasteiger partial charge in [-0.05, 0) is 48.5 Å². The minimum atomic E-state index is -0.399. The smallest absolute Gasteiger partial charge is 0.162 e. The summed E-state index contributed by atoms with van der Waals surface area (Å²) >= 11 is 0. The molecule has 0 aromatic carbocycles. The normalized spacial score (nSPS) is 12.8. The van der Waals surface area contributed by atoms with Gasteiger partial charge in [-0.15, -0.1) is 0 Å². The van der Waals surface area contributed by atoms with Crippen molar-refractivity contribution in [1.29, 1.82) is 0 Å². The Balaban J connectivity index is 0. The van der Waals surface area contributed by atoms with E-state index in [0.717, 1.165) is 13.2 Å². The van der Waals surface area contributed by atoms with Crippen molar-refractivity contribution in [2.45, 2.75) is 60.4 Å². The lowest BCUT2D eigenvalue weighted by molar-refractivity contribution is -0.207. The molecule has 0 N–H and O–H groups in total. The number of hydrogen-bond acceptors (Lipinski definition) is 4. The van der Waals surface area contributed by atoms with Crippen LogP contribution >= 0.6 is 0 Å². The SMILES string of the molecule is CCOC(C)(C)OCC.CCOCC(C)OCC. The van der Waals surface area contributed by atoms with Crippen molar-refractivity contribution in [3.05, 3.63) is 0 Å². The van der Waals surface area contributed by atoms with Crippen molar-refractivity contribution in [2.24, 2.45) is 0 Å². The van der Waals surface area contributed by atoms with E-state index < -0.39 is 5.79 Å². The van der Waals surface area contributed by atoms with E-state index in [2.05, 4.69) is 0 Å². The molecule has 0 aliphatic heterocycles. The molecule has 0 aliphatic rings. The number of rotatable bonds is 9. The topological polar surface area (TPSA) is 36.9 Å². The fourth-order valence-corrected chi connectivity index (χ4v) is 1.35. The summed E-state index contributed by atoms with van der Waals surface area (Å²) in [5.74, 6) is -0.399. The zero-order valence-electron chi connectivity index (χ0n) is 13.2. The predicted molar refractivity (Wildman–Crippen MR) is 74.9 cm³/mol. The third kappa shape index (κ3) is 15.8. The summed E-state index contributed by atoms with van der Waals surface area (Å²) in [6, 6.07) is 0. The molecule has 0 aromatic rings. The predicted octanol–water partition coefficient (Wildman–Crippen LogP) is 3.24. The van der Waals surface area contributed by atoms with Crippen LogP contribution in [0.15, 0.2) is 0 Å². The molecule has 0 fully saturated rings. The molecule has 1 unspecified atom stereocenters. The van der Waals surface area contributed by atoms with Gasteiger partial charge in [-0.25, -0.2) is 0 Å². The Morgan fingerprint density at radius 1 is 0.833 bits per heavy atom. The number of ether oxygens (including phenoxy) is 4. The Morgan fingerprint density at radius 2 is 1.33 bits per heavy atom. The first-order valence-electron chi connectivity index (χ1n) is 6.90. The van der Waals surface area contributed by atoms with E-state index in [1.165, 1.54) is 0 Å². The van der Waals surface area contributed by atoms with Crippen molar-refractivity contribution in [2.75, 3.05) is 33.0 Å². The standard InChI is InChI=1S/2C7H16O2/c1-5-8-7(3,4)9-6-2;1-4-8-6-7(3)9-5-2/h5-6H2,1-4H3;7H,4-6H2,1-3H3. The van der Waals surface area contributed by atoms with Gasteiger partial charge in [0.2, 0.25) is 0 Å². The van der Waals surface area contributed by atoms with Gasteiger partial charge in [-0.3, -0.25) is 0 Å². The molecule has 0 aromatic heterocycles. The molecule has 0 bridgehead atoms. The van der Waals surface area contributed by atoms with E-state index >= 15 is 0 Å². The highest BCUT2D eigenvalue weighted by Gasteiger charge is 2.15. The molecule has 1 atom stereocenters. The first-order chi connectivity index (χ1) is 8.43. The van der Waals surface area contributed by atoms with Crippen LogP contribution in [-0.2, 0) is 18.9 Å². The molecule has 0 spiro atoms. The summed E-state index contributed by atoms with van der Waals surface area (Å²) in [4.78, 5) is 0. The lowest BCUT2D eigenvalue weighted by Crippen LogP contribution is -2.28. The van der Waals surface area contributed by atoms with Crippen LogP contribution in [-0.4, -0.2) is 44.9 Å². The van der Waals surface area contributed by atoms with E-state index in [1.807, 2.05) is 48.5 Å². The summed E-state index contributed by atoms with van der Waals surface area (Å²) < 4.78 is 20.8. The number of hydrogen-bond donors (Lipinski definition) is 0. The zero-order valence-corrected chi connectivity index (χ0v) is 13.2. The Bertz CT molecular complexity index is 152. The summed E-state index contributed by atoms with van der Waals surface area (Å²) in [5.41, 5.74) is 0. The van der Waals surface area contributed by atoms with Crippen molar-refractivity contribution < 1.29 is 18.9 Å². The average Bonchev–Trinajstić information content (AvgIpc) is 2.27. The van der Waals surface area contributed by atoms with Crippen molar-refractivity contribution in [3.63, 3.8) is 0 Å². The Kier molecular flexibility index (Phi) is 14.9. The molecule has 0 amide bonds. The Hall–Kier alpha value is -0.160. The van der Waals surface area contributed by atoms with Gasteiger partial charge >= 0.3 is 0 Å². The molecule has 0 saturated heterocycles.